The van der Waals surface area contributed by atoms with Gasteiger partial charge >= 0.3 is 12.1 Å². The number of amides is 2. The van der Waals surface area contributed by atoms with E-state index >= 15 is 0 Å². The second-order valence-corrected chi connectivity index (χ2v) is 8.48. The molecule has 0 bridgehead atoms. The Balaban J connectivity index is 1.31. The highest BCUT2D eigenvalue weighted by Crippen LogP contribution is 2.31. The topological polar surface area (TPSA) is 90.6 Å². The zero-order valence-corrected chi connectivity index (χ0v) is 17.7. The summed E-state index contributed by atoms with van der Waals surface area (Å²) in [6, 6.07) is 0.738. The Hall–Kier alpha value is -3.67. The Morgan fingerprint density at radius 1 is 1.27 bits per heavy atom. The number of aliphatic imine (C=N–C) groups is 1. The van der Waals surface area contributed by atoms with Gasteiger partial charge in [-0.1, -0.05) is 6.08 Å². The average Bonchev–Trinajstić information content (AvgIpc) is 3.42. The molecule has 3 aliphatic heterocycles. The highest BCUT2D eigenvalue weighted by Gasteiger charge is 2.37. The van der Waals surface area contributed by atoms with Crippen LogP contribution in [0.1, 0.15) is 26.4 Å². The Labute approximate surface area is 189 Å². The van der Waals surface area contributed by atoms with Gasteiger partial charge in [-0.25, -0.2) is 4.99 Å². The predicted molar refractivity (Wildman–Crippen MR) is 114 cm³/mol. The minimum Gasteiger partial charge on any atom is -0.328 e. The van der Waals surface area contributed by atoms with Gasteiger partial charge in [0.25, 0.3) is 17.8 Å². The summed E-state index contributed by atoms with van der Waals surface area (Å²) in [7, 11) is 0. The number of hydrogen-bond donors (Lipinski definition) is 1. The van der Waals surface area contributed by atoms with Gasteiger partial charge in [0, 0.05) is 29.0 Å². The van der Waals surface area contributed by atoms with Crippen LogP contribution in [0.3, 0.4) is 0 Å². The molecule has 2 aromatic rings. The number of alkyl halides is 3. The van der Waals surface area contributed by atoms with Crippen LogP contribution in [-0.2, 0) is 23.9 Å². The Kier molecular flexibility index (Phi) is 5.16. The second kappa shape index (κ2) is 8.03. The number of carbonyl (C=O) groups excluding carboxylic acids is 2. The van der Waals surface area contributed by atoms with E-state index in [1.165, 1.54) is 11.3 Å². The van der Waals surface area contributed by atoms with Gasteiger partial charge in [-0.2, -0.15) is 22.8 Å². The standard InChI is InChI=1S/C21H15F3N6O2S/c22-21(23,24)12-7-17(28-26-8-12)27-19(31)14-11-33-16-10-29(6-4-13(14)16)20(32)15-9-25-18-3-1-2-5-30(15)18/h1-3,5,7-9,11,18H,4,6,10H2/p+1. The fourth-order valence-electron chi connectivity index (χ4n) is 3.83. The molecular weight excluding hydrogens is 457 g/mol. The molecule has 1 atom stereocenters. The van der Waals surface area contributed by atoms with Crippen LogP contribution in [0.4, 0.5) is 19.0 Å². The first-order valence-corrected chi connectivity index (χ1v) is 10.8. The summed E-state index contributed by atoms with van der Waals surface area (Å²) in [5, 5.41) is 10.9. The van der Waals surface area contributed by atoms with Crippen molar-refractivity contribution in [2.24, 2.45) is 4.99 Å². The largest absolute Gasteiger partial charge is 0.418 e. The number of thiophene rings is 1. The molecule has 168 valence electrons. The molecule has 5 heterocycles. The molecule has 1 N–H and O–H groups in total. The van der Waals surface area contributed by atoms with E-state index in [0.717, 1.165) is 16.5 Å². The molecule has 1 unspecified atom stereocenters. The van der Waals surface area contributed by atoms with E-state index in [1.807, 2.05) is 24.4 Å². The second-order valence-electron chi connectivity index (χ2n) is 7.52. The van der Waals surface area contributed by atoms with Crippen molar-refractivity contribution < 1.29 is 27.3 Å². The molecule has 33 heavy (non-hydrogen) atoms. The number of rotatable bonds is 3. The lowest BCUT2D eigenvalue weighted by molar-refractivity contribution is -0.479. The van der Waals surface area contributed by atoms with Crippen LogP contribution in [0.5, 0.6) is 0 Å². The number of anilines is 1. The molecule has 2 amide bonds. The molecule has 0 saturated carbocycles. The molecule has 2 aromatic heterocycles. The van der Waals surface area contributed by atoms with Gasteiger partial charge in [0.2, 0.25) is 0 Å². The van der Waals surface area contributed by atoms with Crippen molar-refractivity contribution in [3.8, 4) is 0 Å². The molecule has 0 radical (unpaired) electrons. The van der Waals surface area contributed by atoms with E-state index in [2.05, 4.69) is 20.5 Å². The van der Waals surface area contributed by atoms with E-state index in [1.54, 1.807) is 21.1 Å². The maximum atomic E-state index is 13.1. The molecule has 8 nitrogen and oxygen atoms in total. The Bertz CT molecular complexity index is 1280. The van der Waals surface area contributed by atoms with E-state index in [-0.39, 0.29) is 17.9 Å². The van der Waals surface area contributed by atoms with Gasteiger partial charge in [-0.3, -0.25) is 9.59 Å². The average molecular weight is 473 g/mol. The lowest BCUT2D eigenvalue weighted by Gasteiger charge is -2.26. The van der Waals surface area contributed by atoms with Crippen molar-refractivity contribution in [3.63, 3.8) is 0 Å². The molecule has 12 heteroatoms. The molecule has 0 aromatic carbocycles. The molecule has 5 rings (SSSR count). The molecule has 0 spiro atoms. The van der Waals surface area contributed by atoms with Crippen LogP contribution in [0.15, 0.2) is 47.1 Å². The summed E-state index contributed by atoms with van der Waals surface area (Å²) < 4.78 is 40.4. The van der Waals surface area contributed by atoms with Crippen molar-refractivity contribution >= 4 is 40.9 Å². The third kappa shape index (κ3) is 3.97. The first kappa shape index (κ1) is 21.2. The van der Waals surface area contributed by atoms with E-state index < -0.39 is 17.6 Å². The first-order valence-electron chi connectivity index (χ1n) is 9.94. The zero-order chi connectivity index (χ0) is 23.2. The lowest BCUT2D eigenvalue weighted by atomic mass is 10.0. The number of nitrogens with one attached hydrogen (secondary N) is 1. The van der Waals surface area contributed by atoms with Crippen molar-refractivity contribution in [1.29, 1.82) is 0 Å². The molecule has 0 saturated heterocycles. The number of hydrogen-bond acceptors (Lipinski definition) is 6. The summed E-state index contributed by atoms with van der Waals surface area (Å²) in [6.45, 7) is 0.743. The van der Waals surface area contributed by atoms with Gasteiger partial charge in [0.1, 0.15) is 6.21 Å². The summed E-state index contributed by atoms with van der Waals surface area (Å²) in [6.07, 6.45) is 5.25. The van der Waals surface area contributed by atoms with Crippen molar-refractivity contribution in [2.75, 3.05) is 11.9 Å². The van der Waals surface area contributed by atoms with Crippen LogP contribution in [0, 0.1) is 0 Å². The summed E-state index contributed by atoms with van der Waals surface area (Å²) in [5.41, 5.74) is 0.635. The maximum absolute atomic E-state index is 13.1. The van der Waals surface area contributed by atoms with Gasteiger partial charge in [-0.05, 0) is 18.1 Å². The molecule has 3 aliphatic rings. The van der Waals surface area contributed by atoms with Crippen LogP contribution in [0.25, 0.3) is 0 Å². The van der Waals surface area contributed by atoms with Crippen molar-refractivity contribution in [3.05, 3.63) is 63.6 Å². The van der Waals surface area contributed by atoms with Crippen LogP contribution < -0.4 is 5.32 Å². The highest BCUT2D eigenvalue weighted by molar-refractivity contribution is 7.10. The number of allylic oxidation sites excluding steroid dienone is 2. The van der Waals surface area contributed by atoms with Gasteiger partial charge in [0.15, 0.2) is 12.0 Å². The fraction of sp³-hybridized carbons (Fsp3) is 0.238. The number of nitrogens with zero attached hydrogens (tertiary/aromatic N) is 5. The van der Waals surface area contributed by atoms with E-state index in [0.29, 0.717) is 37.0 Å². The van der Waals surface area contributed by atoms with Crippen LogP contribution in [0.2, 0.25) is 0 Å². The third-order valence-corrected chi connectivity index (χ3v) is 6.49. The summed E-state index contributed by atoms with van der Waals surface area (Å²) in [5.74, 6) is -0.991. The van der Waals surface area contributed by atoms with Gasteiger partial charge < -0.3 is 10.2 Å². The lowest BCUT2D eigenvalue weighted by Crippen LogP contribution is -2.42. The quantitative estimate of drug-likeness (QED) is 0.694. The summed E-state index contributed by atoms with van der Waals surface area (Å²) >= 11 is 1.33. The van der Waals surface area contributed by atoms with E-state index in [4.69, 9.17) is 0 Å². The van der Waals surface area contributed by atoms with Crippen LogP contribution >= 0.6 is 11.3 Å². The normalized spacial score (nSPS) is 19.0. The van der Waals surface area contributed by atoms with Gasteiger partial charge in [0.05, 0.1) is 23.9 Å². The fourth-order valence-corrected chi connectivity index (χ4v) is 4.93. The Morgan fingerprint density at radius 3 is 2.94 bits per heavy atom. The zero-order valence-electron chi connectivity index (χ0n) is 16.9. The van der Waals surface area contributed by atoms with Gasteiger partial charge in [-0.15, -0.1) is 16.4 Å². The molecule has 0 aliphatic carbocycles. The molecular formula is C21H16F3N6O2S+. The van der Waals surface area contributed by atoms with E-state index in [9.17, 15) is 22.8 Å². The first-order chi connectivity index (χ1) is 15.8. The third-order valence-electron chi connectivity index (χ3n) is 5.48. The smallest absolute Gasteiger partial charge is 0.328 e. The minimum atomic E-state index is -4.59. The summed E-state index contributed by atoms with van der Waals surface area (Å²) in [4.78, 5) is 32.7. The number of fused-ring (bicyclic) bond motifs is 2. The van der Waals surface area contributed by atoms with Crippen LogP contribution in [-0.4, -0.2) is 56.1 Å². The van der Waals surface area contributed by atoms with Crippen molar-refractivity contribution in [2.45, 2.75) is 25.3 Å². The SMILES string of the molecule is O=C(Nc1cc(C(F)(F)F)cnn1)c1csc2c1CCN(C(=O)C1=[N+]3C=CC=CC3N=C1)C2. The minimum absolute atomic E-state index is 0.148. The van der Waals surface area contributed by atoms with Crippen molar-refractivity contribution in [1.82, 2.24) is 15.1 Å². The monoisotopic (exact) mass is 473 g/mol. The number of aromatic nitrogens is 2. The predicted octanol–water partition coefficient (Wildman–Crippen LogP) is 2.64. The number of carbonyl (C=O) groups is 2. The molecule has 0 fully saturated rings. The highest BCUT2D eigenvalue weighted by atomic mass is 32.1. The maximum Gasteiger partial charge on any atom is 0.418 e. The Morgan fingerprint density at radius 2 is 2.12 bits per heavy atom. The number of halogens is 3.